The minimum atomic E-state index is 0.386. The van der Waals surface area contributed by atoms with Crippen LogP contribution in [0.4, 0.5) is 0 Å². The molecule has 4 nitrogen and oxygen atoms in total. The lowest BCUT2D eigenvalue weighted by Gasteiger charge is -2.14. The molecule has 0 saturated carbocycles. The van der Waals surface area contributed by atoms with Crippen LogP contribution in [-0.4, -0.2) is 30.6 Å². The third kappa shape index (κ3) is 3.78. The summed E-state index contributed by atoms with van der Waals surface area (Å²) in [6, 6.07) is 6.92. The van der Waals surface area contributed by atoms with E-state index in [1.807, 2.05) is 0 Å². The minimum absolute atomic E-state index is 0.386. The van der Waals surface area contributed by atoms with Gasteiger partial charge in [-0.1, -0.05) is 25.1 Å². The molecule has 0 radical (unpaired) electrons. The third-order valence-electron chi connectivity index (χ3n) is 3.60. The van der Waals surface area contributed by atoms with E-state index in [2.05, 4.69) is 65.8 Å². The van der Waals surface area contributed by atoms with Crippen LogP contribution in [0.3, 0.4) is 0 Å². The van der Waals surface area contributed by atoms with Crippen LogP contribution in [0.2, 0.25) is 0 Å². The average molecular weight is 286 g/mol. The van der Waals surface area contributed by atoms with Crippen LogP contribution < -0.4 is 10.6 Å². The number of fused-ring (bicyclic) bond motifs is 1. The molecule has 21 heavy (non-hydrogen) atoms. The zero-order valence-electron chi connectivity index (χ0n) is 13.5. The highest BCUT2D eigenvalue weighted by atomic mass is 15.2. The Morgan fingerprint density at radius 3 is 2.76 bits per heavy atom. The fraction of sp³-hybridized carbons (Fsp3) is 0.471. The largest absolute Gasteiger partial charge is 0.361 e. The van der Waals surface area contributed by atoms with Gasteiger partial charge in [0.05, 0.1) is 0 Å². The molecule has 0 aliphatic heterocycles. The van der Waals surface area contributed by atoms with Crippen LogP contribution >= 0.6 is 0 Å². The van der Waals surface area contributed by atoms with E-state index in [-0.39, 0.29) is 0 Å². The second-order valence-electron chi connectivity index (χ2n) is 5.56. The molecule has 0 spiro atoms. The van der Waals surface area contributed by atoms with Crippen LogP contribution in [0, 0.1) is 0 Å². The molecular weight excluding hydrogens is 260 g/mol. The smallest absolute Gasteiger partial charge is 0.191 e. The van der Waals surface area contributed by atoms with Crippen LogP contribution in [0.5, 0.6) is 0 Å². The van der Waals surface area contributed by atoms with Gasteiger partial charge in [-0.15, -0.1) is 0 Å². The first kappa shape index (κ1) is 15.4. The lowest BCUT2D eigenvalue weighted by Crippen LogP contribution is -2.41. The molecule has 1 heterocycles. The van der Waals surface area contributed by atoms with Gasteiger partial charge >= 0.3 is 0 Å². The molecule has 0 amide bonds. The predicted molar refractivity (Wildman–Crippen MR) is 91.0 cm³/mol. The van der Waals surface area contributed by atoms with Crippen molar-refractivity contribution in [2.75, 3.05) is 13.6 Å². The molecule has 0 unspecified atom stereocenters. The Hall–Kier alpha value is -1.97. The van der Waals surface area contributed by atoms with E-state index in [4.69, 9.17) is 0 Å². The van der Waals surface area contributed by atoms with E-state index in [9.17, 15) is 0 Å². The summed E-state index contributed by atoms with van der Waals surface area (Å²) in [6.07, 6.45) is 4.16. The number of hydrogen-bond donors (Lipinski definition) is 3. The summed E-state index contributed by atoms with van der Waals surface area (Å²) in [6.45, 7) is 7.28. The zero-order chi connectivity index (χ0) is 15.2. The molecule has 0 aliphatic carbocycles. The van der Waals surface area contributed by atoms with Gasteiger partial charge in [-0.25, -0.2) is 0 Å². The van der Waals surface area contributed by atoms with Gasteiger partial charge in [0.1, 0.15) is 0 Å². The van der Waals surface area contributed by atoms with Crippen molar-refractivity contribution in [2.24, 2.45) is 4.99 Å². The molecule has 1 aromatic carbocycles. The lowest BCUT2D eigenvalue weighted by molar-refractivity contribution is 0.698. The highest BCUT2D eigenvalue weighted by Gasteiger charge is 2.07. The average Bonchev–Trinajstić information content (AvgIpc) is 2.89. The number of aliphatic imine (C=N–C) groups is 1. The van der Waals surface area contributed by atoms with Crippen molar-refractivity contribution in [3.63, 3.8) is 0 Å². The zero-order valence-corrected chi connectivity index (χ0v) is 13.5. The summed E-state index contributed by atoms with van der Waals surface area (Å²) in [7, 11) is 1.80. The number of rotatable bonds is 5. The summed E-state index contributed by atoms with van der Waals surface area (Å²) < 4.78 is 0. The van der Waals surface area contributed by atoms with E-state index in [0.717, 1.165) is 25.3 Å². The number of benzene rings is 1. The Kier molecular flexibility index (Phi) is 5.26. The van der Waals surface area contributed by atoms with E-state index >= 15 is 0 Å². The number of H-pyrrole nitrogens is 1. The topological polar surface area (TPSA) is 52.2 Å². The maximum Gasteiger partial charge on any atom is 0.191 e. The molecule has 4 heteroatoms. The van der Waals surface area contributed by atoms with Gasteiger partial charge in [-0.05, 0) is 37.8 Å². The molecule has 2 rings (SSSR count). The normalized spacial score (nSPS) is 12.1. The van der Waals surface area contributed by atoms with Crippen molar-refractivity contribution in [3.8, 4) is 0 Å². The fourth-order valence-electron chi connectivity index (χ4n) is 2.56. The lowest BCUT2D eigenvalue weighted by atomic mass is 10.1. The number of aromatic amines is 1. The van der Waals surface area contributed by atoms with E-state index < -0.39 is 0 Å². The Morgan fingerprint density at radius 1 is 1.29 bits per heavy atom. The molecule has 0 fully saturated rings. The van der Waals surface area contributed by atoms with Crippen LogP contribution in [0.1, 0.15) is 31.9 Å². The summed E-state index contributed by atoms with van der Waals surface area (Å²) in [5, 5.41) is 7.99. The Labute approximate surface area is 127 Å². The standard InChI is InChI=1S/C17H26N4/c1-5-13-7-6-8-15-14(11-20-16(13)15)9-10-19-17(18-4)21-12(2)3/h6-8,11-12,20H,5,9-10H2,1-4H3,(H2,18,19,21). The molecular formula is C17H26N4. The molecule has 0 aliphatic rings. The van der Waals surface area contributed by atoms with E-state index in [1.54, 1.807) is 7.05 Å². The number of para-hydroxylation sites is 1. The number of nitrogens with one attached hydrogen (secondary N) is 3. The highest BCUT2D eigenvalue weighted by Crippen LogP contribution is 2.22. The first-order valence-corrected chi connectivity index (χ1v) is 7.70. The number of hydrogen-bond acceptors (Lipinski definition) is 1. The van der Waals surface area contributed by atoms with Crippen molar-refractivity contribution in [3.05, 3.63) is 35.5 Å². The Balaban J connectivity index is 2.01. The van der Waals surface area contributed by atoms with Crippen LogP contribution in [-0.2, 0) is 12.8 Å². The first-order chi connectivity index (χ1) is 10.2. The number of aryl methyl sites for hydroxylation is 1. The first-order valence-electron chi connectivity index (χ1n) is 7.70. The predicted octanol–water partition coefficient (Wildman–Crippen LogP) is 2.85. The Bertz CT molecular complexity index is 610. The third-order valence-corrected chi connectivity index (χ3v) is 3.60. The molecule has 1 aromatic heterocycles. The van der Waals surface area contributed by atoms with Gasteiger partial charge in [0.25, 0.3) is 0 Å². The fourth-order valence-corrected chi connectivity index (χ4v) is 2.56. The number of guanidine groups is 1. The van der Waals surface area contributed by atoms with Crippen molar-refractivity contribution < 1.29 is 0 Å². The monoisotopic (exact) mass is 286 g/mol. The van der Waals surface area contributed by atoms with Gasteiger partial charge in [-0.2, -0.15) is 0 Å². The molecule has 0 saturated heterocycles. The molecule has 3 N–H and O–H groups in total. The minimum Gasteiger partial charge on any atom is -0.361 e. The summed E-state index contributed by atoms with van der Waals surface area (Å²) in [5.41, 5.74) is 4.01. The molecule has 114 valence electrons. The van der Waals surface area contributed by atoms with E-state index in [1.165, 1.54) is 22.0 Å². The second-order valence-corrected chi connectivity index (χ2v) is 5.56. The van der Waals surface area contributed by atoms with Crippen LogP contribution in [0.25, 0.3) is 10.9 Å². The number of aromatic nitrogens is 1. The summed E-state index contributed by atoms with van der Waals surface area (Å²) in [5.74, 6) is 0.860. The van der Waals surface area contributed by atoms with Gasteiger partial charge in [-0.3, -0.25) is 4.99 Å². The molecule has 0 bridgehead atoms. The van der Waals surface area contributed by atoms with E-state index in [0.29, 0.717) is 6.04 Å². The second kappa shape index (κ2) is 7.16. The maximum atomic E-state index is 4.22. The SMILES string of the molecule is CCc1cccc2c(CCNC(=NC)NC(C)C)c[nH]c12. The van der Waals surface area contributed by atoms with Crippen molar-refractivity contribution in [1.82, 2.24) is 15.6 Å². The Morgan fingerprint density at radius 2 is 2.10 bits per heavy atom. The van der Waals surface area contributed by atoms with Crippen molar-refractivity contribution >= 4 is 16.9 Å². The number of nitrogens with zero attached hydrogens (tertiary/aromatic N) is 1. The van der Waals surface area contributed by atoms with Gasteiger partial charge in [0.15, 0.2) is 5.96 Å². The maximum absolute atomic E-state index is 4.22. The van der Waals surface area contributed by atoms with Gasteiger partial charge < -0.3 is 15.6 Å². The molecule has 2 aromatic rings. The van der Waals surface area contributed by atoms with Crippen LogP contribution in [0.15, 0.2) is 29.4 Å². The summed E-state index contributed by atoms with van der Waals surface area (Å²) >= 11 is 0. The van der Waals surface area contributed by atoms with Gasteiger partial charge in [0.2, 0.25) is 0 Å². The molecule has 0 atom stereocenters. The summed E-state index contributed by atoms with van der Waals surface area (Å²) in [4.78, 5) is 7.64. The van der Waals surface area contributed by atoms with Crippen molar-refractivity contribution in [1.29, 1.82) is 0 Å². The van der Waals surface area contributed by atoms with Crippen molar-refractivity contribution in [2.45, 2.75) is 39.7 Å². The highest BCUT2D eigenvalue weighted by molar-refractivity contribution is 5.86. The quantitative estimate of drug-likeness (QED) is 0.585. The van der Waals surface area contributed by atoms with Gasteiger partial charge in [0, 0.05) is 36.7 Å².